The van der Waals surface area contributed by atoms with E-state index >= 15 is 0 Å². The van der Waals surface area contributed by atoms with Gasteiger partial charge in [-0.2, -0.15) is 0 Å². The molecule has 2 nitrogen and oxygen atoms in total. The summed E-state index contributed by atoms with van der Waals surface area (Å²) in [6.45, 7) is 7.21. The molecule has 0 radical (unpaired) electrons. The highest BCUT2D eigenvalue weighted by molar-refractivity contribution is 7.86. The highest BCUT2D eigenvalue weighted by Crippen LogP contribution is 2.07. The minimum atomic E-state index is -0.858. The molecular weight excluding hydrogens is 160 g/mol. The van der Waals surface area contributed by atoms with E-state index < -0.39 is 10.8 Å². The second kappa shape index (κ2) is 4.65. The first-order valence-electron chi connectivity index (χ1n) is 3.84. The zero-order valence-electron chi connectivity index (χ0n) is 7.59. The summed E-state index contributed by atoms with van der Waals surface area (Å²) >= 11 is 0. The summed E-state index contributed by atoms with van der Waals surface area (Å²) in [7, 11) is -0.858. The van der Waals surface area contributed by atoms with Crippen LogP contribution in [-0.2, 0) is 15.6 Å². The van der Waals surface area contributed by atoms with Gasteiger partial charge in [0, 0.05) is 27.7 Å². The molecule has 0 aliphatic heterocycles. The highest BCUT2D eigenvalue weighted by atomic mass is 32.2. The van der Waals surface area contributed by atoms with E-state index in [1.165, 1.54) is 6.92 Å². The van der Waals surface area contributed by atoms with Gasteiger partial charge in [0.15, 0.2) is 0 Å². The number of Topliss-reactive ketones (excluding diaryl/α,β-unsaturated/α-hetero) is 1. The molecule has 0 heterocycles. The first-order chi connectivity index (χ1) is 4.95. The molecule has 0 rings (SSSR count). The van der Waals surface area contributed by atoms with Gasteiger partial charge in [-0.3, -0.25) is 9.00 Å². The molecule has 0 aromatic heterocycles. The van der Waals surface area contributed by atoms with Crippen molar-refractivity contribution in [1.29, 1.82) is 0 Å². The van der Waals surface area contributed by atoms with E-state index in [1.807, 2.05) is 20.8 Å². The van der Waals surface area contributed by atoms with Gasteiger partial charge in [-0.25, -0.2) is 0 Å². The topological polar surface area (TPSA) is 34.1 Å². The summed E-state index contributed by atoms with van der Waals surface area (Å²) in [6, 6.07) is 0. The van der Waals surface area contributed by atoms with E-state index in [1.54, 1.807) is 0 Å². The molecule has 0 aromatic carbocycles. The van der Waals surface area contributed by atoms with E-state index in [4.69, 9.17) is 0 Å². The van der Waals surface area contributed by atoms with E-state index in [0.29, 0.717) is 6.42 Å². The average molecular weight is 176 g/mol. The maximum absolute atomic E-state index is 11.3. The van der Waals surface area contributed by atoms with E-state index in [9.17, 15) is 9.00 Å². The molecule has 3 heteroatoms. The maximum atomic E-state index is 11.3. The van der Waals surface area contributed by atoms with Gasteiger partial charge in [0.05, 0.1) is 0 Å². The van der Waals surface area contributed by atoms with Crippen molar-refractivity contribution in [1.82, 2.24) is 0 Å². The molecular formula is C8H16O2S. The minimum absolute atomic E-state index is 0.00694. The lowest BCUT2D eigenvalue weighted by Gasteiger charge is -2.11. The predicted octanol–water partition coefficient (Wildman–Crippen LogP) is 1.51. The monoisotopic (exact) mass is 176 g/mol. The molecule has 0 saturated heterocycles. The molecule has 2 atom stereocenters. The summed E-state index contributed by atoms with van der Waals surface area (Å²) < 4.78 is 11.3. The molecule has 66 valence electrons. The number of rotatable bonds is 4. The summed E-state index contributed by atoms with van der Waals surface area (Å²) in [5.41, 5.74) is 0. The number of carbonyl (C=O) groups excluding carboxylic acids is 1. The van der Waals surface area contributed by atoms with Gasteiger partial charge < -0.3 is 0 Å². The Morgan fingerprint density at radius 1 is 1.36 bits per heavy atom. The Labute approximate surface area is 70.8 Å². The lowest BCUT2D eigenvalue weighted by Crippen LogP contribution is -2.21. The second-order valence-electron chi connectivity index (χ2n) is 3.09. The Morgan fingerprint density at radius 2 is 1.82 bits per heavy atom. The number of hydrogen-bond donors (Lipinski definition) is 0. The normalized spacial score (nSPS) is 16.5. The van der Waals surface area contributed by atoms with Crippen LogP contribution in [0.1, 0.15) is 34.1 Å². The van der Waals surface area contributed by atoms with Crippen LogP contribution in [0.3, 0.4) is 0 Å². The summed E-state index contributed by atoms with van der Waals surface area (Å²) in [4.78, 5) is 10.6. The molecule has 0 amide bonds. The maximum Gasteiger partial charge on any atom is 0.131 e. The van der Waals surface area contributed by atoms with Crippen LogP contribution in [0, 0.1) is 0 Å². The fraction of sp³-hybridized carbons (Fsp3) is 0.875. The lowest BCUT2D eigenvalue weighted by atomic mass is 10.2. The van der Waals surface area contributed by atoms with Gasteiger partial charge >= 0.3 is 0 Å². The third kappa shape index (κ3) is 4.30. The van der Waals surface area contributed by atoms with Gasteiger partial charge in [0.2, 0.25) is 0 Å². The second-order valence-corrected chi connectivity index (χ2v) is 5.50. The lowest BCUT2D eigenvalue weighted by molar-refractivity contribution is -0.116. The molecule has 0 fully saturated rings. The van der Waals surface area contributed by atoms with Gasteiger partial charge in [0.25, 0.3) is 0 Å². The van der Waals surface area contributed by atoms with Crippen molar-refractivity contribution in [2.45, 2.75) is 44.6 Å². The molecule has 0 saturated carbocycles. The molecule has 0 N–H and O–H groups in total. The van der Waals surface area contributed by atoms with Crippen LogP contribution in [0.5, 0.6) is 0 Å². The largest absolute Gasteiger partial charge is 0.300 e. The van der Waals surface area contributed by atoms with Crippen molar-refractivity contribution >= 4 is 16.6 Å². The minimum Gasteiger partial charge on any atom is -0.300 e. The molecule has 11 heavy (non-hydrogen) atoms. The Bertz CT molecular complexity index is 163. The number of carbonyl (C=O) groups is 1. The molecule has 0 bridgehead atoms. The standard InChI is InChI=1S/C8H16O2S/c1-6(2)11(10)8(4)5-7(3)9/h6,8H,5H2,1-4H3. The van der Waals surface area contributed by atoms with E-state index in [2.05, 4.69) is 0 Å². The molecule has 0 aliphatic rings. The Kier molecular flexibility index (Phi) is 4.57. The predicted molar refractivity (Wildman–Crippen MR) is 48.0 cm³/mol. The molecule has 2 unspecified atom stereocenters. The fourth-order valence-corrected chi connectivity index (χ4v) is 2.28. The quantitative estimate of drug-likeness (QED) is 0.650. The van der Waals surface area contributed by atoms with Gasteiger partial charge in [-0.15, -0.1) is 0 Å². The summed E-state index contributed by atoms with van der Waals surface area (Å²) in [6.07, 6.45) is 0.435. The van der Waals surface area contributed by atoms with Crippen LogP contribution >= 0.6 is 0 Å². The zero-order chi connectivity index (χ0) is 9.02. The van der Waals surface area contributed by atoms with Crippen molar-refractivity contribution in [2.75, 3.05) is 0 Å². The number of ketones is 1. The Morgan fingerprint density at radius 3 is 2.09 bits per heavy atom. The van der Waals surface area contributed by atoms with Gasteiger partial charge in [-0.05, 0) is 6.92 Å². The van der Waals surface area contributed by atoms with Crippen molar-refractivity contribution in [3.63, 3.8) is 0 Å². The van der Waals surface area contributed by atoms with Crippen molar-refractivity contribution < 1.29 is 9.00 Å². The van der Waals surface area contributed by atoms with E-state index in [-0.39, 0.29) is 16.3 Å². The third-order valence-corrected chi connectivity index (χ3v) is 3.33. The summed E-state index contributed by atoms with van der Waals surface area (Å²) in [5, 5.41) is 0.164. The zero-order valence-corrected chi connectivity index (χ0v) is 8.40. The van der Waals surface area contributed by atoms with Gasteiger partial charge in [-0.1, -0.05) is 20.8 Å². The van der Waals surface area contributed by atoms with Crippen LogP contribution in [-0.4, -0.2) is 20.5 Å². The molecule has 0 aliphatic carbocycles. The van der Waals surface area contributed by atoms with Crippen LogP contribution in [0.4, 0.5) is 0 Å². The van der Waals surface area contributed by atoms with Crippen LogP contribution < -0.4 is 0 Å². The van der Waals surface area contributed by atoms with E-state index in [0.717, 1.165) is 0 Å². The fourth-order valence-electron chi connectivity index (χ4n) is 0.952. The first kappa shape index (κ1) is 10.8. The first-order valence-corrected chi connectivity index (χ1v) is 5.11. The average Bonchev–Trinajstić information content (AvgIpc) is 1.84. The third-order valence-electron chi connectivity index (χ3n) is 1.44. The highest BCUT2D eigenvalue weighted by Gasteiger charge is 2.15. The summed E-state index contributed by atoms with van der Waals surface area (Å²) in [5.74, 6) is 0.117. The van der Waals surface area contributed by atoms with Gasteiger partial charge in [0.1, 0.15) is 5.78 Å². The molecule has 0 aromatic rings. The van der Waals surface area contributed by atoms with Crippen LogP contribution in [0.2, 0.25) is 0 Å². The van der Waals surface area contributed by atoms with Crippen molar-refractivity contribution in [3.05, 3.63) is 0 Å². The SMILES string of the molecule is CC(=O)CC(C)S(=O)C(C)C. The van der Waals surface area contributed by atoms with Crippen LogP contribution in [0.25, 0.3) is 0 Å². The smallest absolute Gasteiger partial charge is 0.131 e. The van der Waals surface area contributed by atoms with Crippen molar-refractivity contribution in [3.8, 4) is 0 Å². The molecule has 0 spiro atoms. The van der Waals surface area contributed by atoms with Crippen LogP contribution in [0.15, 0.2) is 0 Å². The Hall–Kier alpha value is -0.180. The number of hydrogen-bond acceptors (Lipinski definition) is 2. The van der Waals surface area contributed by atoms with Crippen molar-refractivity contribution in [2.24, 2.45) is 0 Å². The Balaban J connectivity index is 3.93.